The van der Waals surface area contributed by atoms with Gasteiger partial charge in [-0.2, -0.15) is 0 Å². The van der Waals surface area contributed by atoms with Gasteiger partial charge in [0, 0.05) is 10.9 Å². The second kappa shape index (κ2) is 5.41. The molecule has 0 unspecified atom stereocenters. The van der Waals surface area contributed by atoms with E-state index in [1.165, 1.54) is 19.2 Å². The molecule has 0 saturated carbocycles. The van der Waals surface area contributed by atoms with Crippen molar-refractivity contribution in [3.63, 3.8) is 0 Å². The van der Waals surface area contributed by atoms with Gasteiger partial charge in [0.2, 0.25) is 5.88 Å². The summed E-state index contributed by atoms with van der Waals surface area (Å²) in [4.78, 5) is 15.2. The van der Waals surface area contributed by atoms with Crippen molar-refractivity contribution >= 4 is 27.4 Å². The van der Waals surface area contributed by atoms with Crippen LogP contribution in [0, 0.1) is 0 Å². The summed E-state index contributed by atoms with van der Waals surface area (Å²) in [6.45, 7) is 0. The van der Waals surface area contributed by atoms with Crippen molar-refractivity contribution < 1.29 is 19.4 Å². The number of nitrogens with zero attached hydrogens (tertiary/aromatic N) is 1. The molecule has 0 aliphatic heterocycles. The zero-order chi connectivity index (χ0) is 14.8. The van der Waals surface area contributed by atoms with Gasteiger partial charge in [-0.1, -0.05) is 0 Å². The molecule has 1 N–H and O–H groups in total. The summed E-state index contributed by atoms with van der Waals surface area (Å²) in [6.07, 6.45) is 1.67. The van der Waals surface area contributed by atoms with E-state index in [1.54, 1.807) is 23.6 Å². The monoisotopic (exact) mass is 301 g/mol. The lowest BCUT2D eigenvalue weighted by atomic mass is 10.2. The molecule has 0 aliphatic carbocycles. The Morgan fingerprint density at radius 3 is 2.86 bits per heavy atom. The topological polar surface area (TPSA) is 68.7 Å². The largest absolute Gasteiger partial charge is 0.493 e. The second-order valence-corrected chi connectivity index (χ2v) is 5.17. The van der Waals surface area contributed by atoms with E-state index >= 15 is 0 Å². The second-order valence-electron chi connectivity index (χ2n) is 4.22. The number of aromatic carboxylic acids is 1. The van der Waals surface area contributed by atoms with Gasteiger partial charge in [0.25, 0.3) is 0 Å². The van der Waals surface area contributed by atoms with Crippen molar-refractivity contribution in [2.45, 2.75) is 0 Å². The lowest BCUT2D eigenvalue weighted by Gasteiger charge is -2.10. The fourth-order valence-corrected chi connectivity index (χ4v) is 2.71. The van der Waals surface area contributed by atoms with E-state index in [9.17, 15) is 4.79 Å². The molecule has 2 aromatic heterocycles. The normalized spacial score (nSPS) is 10.5. The van der Waals surface area contributed by atoms with E-state index in [0.717, 1.165) is 10.1 Å². The molecule has 0 fully saturated rings. The van der Waals surface area contributed by atoms with Gasteiger partial charge in [-0.15, -0.1) is 11.3 Å². The zero-order valence-electron chi connectivity index (χ0n) is 11.1. The standard InChI is InChI=1S/C15H11NO4S/c1-19-12-8-9(15(17)18)2-3-11(12)20-14-10-5-7-21-13(10)4-6-16-14/h2-8H,1H3,(H,17,18). The van der Waals surface area contributed by atoms with Crippen LogP contribution >= 0.6 is 11.3 Å². The van der Waals surface area contributed by atoms with Crippen molar-refractivity contribution in [1.29, 1.82) is 0 Å². The molecule has 1 aromatic carbocycles. The van der Waals surface area contributed by atoms with Crippen molar-refractivity contribution in [1.82, 2.24) is 4.98 Å². The Morgan fingerprint density at radius 1 is 1.24 bits per heavy atom. The minimum absolute atomic E-state index is 0.140. The Balaban J connectivity index is 2.01. The number of thiophene rings is 1. The zero-order valence-corrected chi connectivity index (χ0v) is 11.9. The van der Waals surface area contributed by atoms with Gasteiger partial charge in [0.05, 0.1) is 18.1 Å². The van der Waals surface area contributed by atoms with Gasteiger partial charge in [0.15, 0.2) is 11.5 Å². The average molecular weight is 301 g/mol. The Bertz CT molecular complexity index is 812. The van der Waals surface area contributed by atoms with E-state index < -0.39 is 5.97 Å². The molecular weight excluding hydrogens is 290 g/mol. The maximum Gasteiger partial charge on any atom is 0.335 e. The molecule has 0 atom stereocenters. The number of hydrogen-bond donors (Lipinski definition) is 1. The summed E-state index contributed by atoms with van der Waals surface area (Å²) in [6, 6.07) is 8.30. The van der Waals surface area contributed by atoms with Crippen molar-refractivity contribution in [3.8, 4) is 17.4 Å². The maximum atomic E-state index is 11.0. The fraction of sp³-hybridized carbons (Fsp3) is 0.0667. The molecule has 0 radical (unpaired) electrons. The first-order valence-electron chi connectivity index (χ1n) is 6.10. The van der Waals surface area contributed by atoms with Crippen LogP contribution in [0.2, 0.25) is 0 Å². The van der Waals surface area contributed by atoms with Crippen LogP contribution < -0.4 is 9.47 Å². The van der Waals surface area contributed by atoms with E-state index in [-0.39, 0.29) is 5.56 Å². The van der Waals surface area contributed by atoms with Gasteiger partial charge in [-0.05, 0) is 35.7 Å². The van der Waals surface area contributed by atoms with E-state index in [0.29, 0.717) is 17.4 Å². The number of aromatic nitrogens is 1. The average Bonchev–Trinajstić information content (AvgIpc) is 2.97. The molecule has 5 nitrogen and oxygen atoms in total. The predicted octanol–water partition coefficient (Wildman–Crippen LogP) is 3.80. The first kappa shape index (κ1) is 13.4. The van der Waals surface area contributed by atoms with Gasteiger partial charge in [-0.25, -0.2) is 9.78 Å². The van der Waals surface area contributed by atoms with Crippen LogP contribution in [0.4, 0.5) is 0 Å². The number of carboxylic acids is 1. The Hall–Kier alpha value is -2.60. The number of benzene rings is 1. The summed E-state index contributed by atoms with van der Waals surface area (Å²) in [5.74, 6) is 0.227. The third-order valence-electron chi connectivity index (χ3n) is 2.96. The van der Waals surface area contributed by atoms with Gasteiger partial charge < -0.3 is 14.6 Å². The molecule has 0 bridgehead atoms. The number of methoxy groups -OCH3 is 1. The highest BCUT2D eigenvalue weighted by Gasteiger charge is 2.13. The minimum atomic E-state index is -1.02. The first-order valence-corrected chi connectivity index (χ1v) is 6.98. The van der Waals surface area contributed by atoms with Crippen LogP contribution in [-0.2, 0) is 0 Å². The summed E-state index contributed by atoms with van der Waals surface area (Å²) in [5.41, 5.74) is 0.140. The SMILES string of the molecule is COc1cc(C(=O)O)ccc1Oc1nccc2sccc12. The Labute approximate surface area is 124 Å². The van der Waals surface area contributed by atoms with E-state index in [4.69, 9.17) is 14.6 Å². The number of ether oxygens (including phenoxy) is 2. The molecular formula is C15H11NO4S. The number of pyridine rings is 1. The van der Waals surface area contributed by atoms with Crippen LogP contribution in [0.1, 0.15) is 10.4 Å². The van der Waals surface area contributed by atoms with E-state index in [2.05, 4.69) is 4.98 Å². The highest BCUT2D eigenvalue weighted by molar-refractivity contribution is 7.17. The van der Waals surface area contributed by atoms with Crippen LogP contribution in [-0.4, -0.2) is 23.2 Å². The molecule has 3 rings (SSSR count). The van der Waals surface area contributed by atoms with Gasteiger partial charge in [-0.3, -0.25) is 0 Å². The first-order chi connectivity index (χ1) is 10.2. The number of carboxylic acid groups (broad SMARTS) is 1. The molecule has 0 saturated heterocycles. The molecule has 106 valence electrons. The van der Waals surface area contributed by atoms with Crippen LogP contribution in [0.3, 0.4) is 0 Å². The van der Waals surface area contributed by atoms with Crippen molar-refractivity contribution in [3.05, 3.63) is 47.5 Å². The third-order valence-corrected chi connectivity index (χ3v) is 3.84. The number of carbonyl (C=O) groups is 1. The molecule has 2 heterocycles. The predicted molar refractivity (Wildman–Crippen MR) is 79.6 cm³/mol. The maximum absolute atomic E-state index is 11.0. The summed E-state index contributed by atoms with van der Waals surface area (Å²) in [5, 5.41) is 11.9. The molecule has 6 heteroatoms. The smallest absolute Gasteiger partial charge is 0.335 e. The number of rotatable bonds is 4. The lowest BCUT2D eigenvalue weighted by Crippen LogP contribution is -1.98. The van der Waals surface area contributed by atoms with Crippen molar-refractivity contribution in [2.24, 2.45) is 0 Å². The minimum Gasteiger partial charge on any atom is -0.493 e. The summed E-state index contributed by atoms with van der Waals surface area (Å²) < 4.78 is 12.0. The number of fused-ring (bicyclic) bond motifs is 1. The fourth-order valence-electron chi connectivity index (χ4n) is 1.94. The molecule has 0 spiro atoms. The van der Waals surface area contributed by atoms with Crippen LogP contribution in [0.25, 0.3) is 10.1 Å². The molecule has 3 aromatic rings. The van der Waals surface area contributed by atoms with E-state index in [1.807, 2.05) is 17.5 Å². The lowest BCUT2D eigenvalue weighted by molar-refractivity contribution is 0.0696. The highest BCUT2D eigenvalue weighted by Crippen LogP contribution is 2.35. The summed E-state index contributed by atoms with van der Waals surface area (Å²) >= 11 is 1.60. The quantitative estimate of drug-likeness (QED) is 0.794. The van der Waals surface area contributed by atoms with Crippen LogP contribution in [0.15, 0.2) is 41.9 Å². The third kappa shape index (κ3) is 2.53. The van der Waals surface area contributed by atoms with Gasteiger partial charge >= 0.3 is 5.97 Å². The highest BCUT2D eigenvalue weighted by atomic mass is 32.1. The molecule has 21 heavy (non-hydrogen) atoms. The summed E-state index contributed by atoms with van der Waals surface area (Å²) in [7, 11) is 1.46. The molecule has 0 aliphatic rings. The van der Waals surface area contributed by atoms with Crippen molar-refractivity contribution in [2.75, 3.05) is 7.11 Å². The Morgan fingerprint density at radius 2 is 2.10 bits per heavy atom. The van der Waals surface area contributed by atoms with Gasteiger partial charge in [0.1, 0.15) is 0 Å². The molecule has 0 amide bonds. The van der Waals surface area contributed by atoms with Crippen LogP contribution in [0.5, 0.6) is 17.4 Å². The Kier molecular flexibility index (Phi) is 3.45. The number of hydrogen-bond acceptors (Lipinski definition) is 5.